The Hall–Kier alpha value is -2.73. The zero-order valence-electron chi connectivity index (χ0n) is 13.1. The van der Waals surface area contributed by atoms with Gasteiger partial charge in [-0.3, -0.25) is 9.59 Å². The Labute approximate surface area is 142 Å². The van der Waals surface area contributed by atoms with Gasteiger partial charge >= 0.3 is 0 Å². The van der Waals surface area contributed by atoms with Gasteiger partial charge in [0, 0.05) is 28.9 Å². The van der Waals surface area contributed by atoms with Gasteiger partial charge in [-0.05, 0) is 36.2 Å². The van der Waals surface area contributed by atoms with E-state index in [0.717, 1.165) is 33.1 Å². The summed E-state index contributed by atoms with van der Waals surface area (Å²) in [5.41, 5.74) is 4.68. The first-order valence-electron chi connectivity index (χ1n) is 7.63. The Kier molecular flexibility index (Phi) is 3.54. The lowest BCUT2D eigenvalue weighted by Gasteiger charge is -2.03. The maximum Gasteiger partial charge on any atom is 0.251 e. The fourth-order valence-corrected chi connectivity index (χ4v) is 3.59. The van der Waals surface area contributed by atoms with Crippen LogP contribution in [0.25, 0.3) is 11.3 Å². The fourth-order valence-electron chi connectivity index (χ4n) is 2.79. The first-order valence-corrected chi connectivity index (χ1v) is 8.51. The number of benzene rings is 1. The molecule has 0 aliphatic carbocycles. The normalized spacial score (nSPS) is 13.0. The average molecular weight is 337 g/mol. The highest BCUT2D eigenvalue weighted by Crippen LogP contribution is 2.29. The van der Waals surface area contributed by atoms with Crippen molar-refractivity contribution in [3.8, 4) is 11.3 Å². The van der Waals surface area contributed by atoms with Gasteiger partial charge in [0.15, 0.2) is 0 Å². The summed E-state index contributed by atoms with van der Waals surface area (Å²) in [5, 5.41) is 5.70. The lowest BCUT2D eigenvalue weighted by molar-refractivity contribution is -0.115. The second kappa shape index (κ2) is 5.72. The maximum atomic E-state index is 12.0. The number of aromatic nitrogens is 2. The number of carbonyl (C=O) groups is 1. The Morgan fingerprint density at radius 1 is 1.25 bits per heavy atom. The molecule has 0 saturated heterocycles. The largest absolute Gasteiger partial charge is 0.326 e. The summed E-state index contributed by atoms with van der Waals surface area (Å²) in [6, 6.07) is 9.42. The van der Waals surface area contributed by atoms with E-state index in [1.165, 1.54) is 11.3 Å². The summed E-state index contributed by atoms with van der Waals surface area (Å²) >= 11 is 1.53. The zero-order valence-corrected chi connectivity index (χ0v) is 13.9. The third-order valence-electron chi connectivity index (χ3n) is 4.04. The third kappa shape index (κ3) is 2.76. The van der Waals surface area contributed by atoms with Crippen molar-refractivity contribution in [2.75, 3.05) is 5.32 Å². The number of amides is 1. The minimum Gasteiger partial charge on any atom is -0.326 e. The zero-order chi connectivity index (χ0) is 16.7. The molecule has 1 aliphatic rings. The quantitative estimate of drug-likeness (QED) is 0.799. The number of nitrogens with one attached hydrogen (secondary N) is 1. The number of pyridine rings is 1. The van der Waals surface area contributed by atoms with Crippen molar-refractivity contribution in [2.45, 2.75) is 19.9 Å². The standard InChI is InChI=1S/C18H15N3O2S/c1-11-4-5-21(18(23)6-11)9-17-20-15(10-24-17)12-2-3-14-13(7-12)8-16(22)19-14/h2-7,10H,8-9H2,1H3,(H,19,22). The van der Waals surface area contributed by atoms with Crippen molar-refractivity contribution < 1.29 is 4.79 Å². The highest BCUT2D eigenvalue weighted by molar-refractivity contribution is 7.09. The summed E-state index contributed by atoms with van der Waals surface area (Å²) in [6.07, 6.45) is 2.21. The van der Waals surface area contributed by atoms with Crippen molar-refractivity contribution in [3.05, 3.63) is 68.4 Å². The summed E-state index contributed by atoms with van der Waals surface area (Å²) in [5.74, 6) is 0.0277. The molecule has 2 aromatic heterocycles. The van der Waals surface area contributed by atoms with Crippen LogP contribution in [0.15, 0.2) is 46.7 Å². The molecular formula is C18H15N3O2S. The van der Waals surface area contributed by atoms with E-state index in [1.54, 1.807) is 16.8 Å². The van der Waals surface area contributed by atoms with Gasteiger partial charge in [-0.1, -0.05) is 6.07 Å². The molecule has 0 unspecified atom stereocenters. The van der Waals surface area contributed by atoms with Crippen LogP contribution < -0.4 is 10.9 Å². The molecule has 0 radical (unpaired) electrons. The molecule has 120 valence electrons. The average Bonchev–Trinajstić information content (AvgIpc) is 3.14. The molecule has 0 fully saturated rings. The van der Waals surface area contributed by atoms with E-state index in [9.17, 15) is 9.59 Å². The number of aryl methyl sites for hydroxylation is 1. The predicted molar refractivity (Wildman–Crippen MR) is 94.4 cm³/mol. The van der Waals surface area contributed by atoms with Gasteiger partial charge in [-0.15, -0.1) is 11.3 Å². The molecule has 5 nitrogen and oxygen atoms in total. The van der Waals surface area contributed by atoms with Gasteiger partial charge in [0.05, 0.1) is 18.7 Å². The number of fused-ring (bicyclic) bond motifs is 1. The van der Waals surface area contributed by atoms with E-state index >= 15 is 0 Å². The number of thiazole rings is 1. The van der Waals surface area contributed by atoms with E-state index in [-0.39, 0.29) is 11.5 Å². The smallest absolute Gasteiger partial charge is 0.251 e. The second-order valence-corrected chi connectivity index (χ2v) is 6.84. The molecule has 0 atom stereocenters. The molecule has 6 heteroatoms. The van der Waals surface area contributed by atoms with Gasteiger partial charge in [0.25, 0.3) is 5.56 Å². The van der Waals surface area contributed by atoms with E-state index in [4.69, 9.17) is 0 Å². The number of hydrogen-bond donors (Lipinski definition) is 1. The SMILES string of the molecule is Cc1ccn(Cc2nc(-c3ccc4c(c3)CC(=O)N4)cs2)c(=O)c1. The topological polar surface area (TPSA) is 64.0 Å². The Bertz CT molecular complexity index is 1000. The van der Waals surface area contributed by atoms with Crippen LogP contribution in [0.3, 0.4) is 0 Å². The number of rotatable bonds is 3. The Morgan fingerprint density at radius 3 is 2.96 bits per heavy atom. The molecule has 1 N–H and O–H groups in total. The first-order chi connectivity index (χ1) is 11.6. The molecule has 1 aromatic carbocycles. The molecule has 4 rings (SSSR count). The molecule has 0 bridgehead atoms. The number of anilines is 1. The lowest BCUT2D eigenvalue weighted by atomic mass is 10.1. The molecule has 3 aromatic rings. The van der Waals surface area contributed by atoms with Crippen molar-refractivity contribution in [2.24, 2.45) is 0 Å². The van der Waals surface area contributed by atoms with Gasteiger partial charge in [-0.2, -0.15) is 0 Å². The number of carbonyl (C=O) groups excluding carboxylic acids is 1. The number of nitrogens with zero attached hydrogens (tertiary/aromatic N) is 2. The fraction of sp³-hybridized carbons (Fsp3) is 0.167. The first kappa shape index (κ1) is 14.8. The van der Waals surface area contributed by atoms with Crippen molar-refractivity contribution in [3.63, 3.8) is 0 Å². The predicted octanol–water partition coefficient (Wildman–Crippen LogP) is 2.82. The summed E-state index contributed by atoms with van der Waals surface area (Å²) in [6.45, 7) is 2.37. The molecule has 1 amide bonds. The molecule has 3 heterocycles. The highest BCUT2D eigenvalue weighted by Gasteiger charge is 2.18. The van der Waals surface area contributed by atoms with Gasteiger partial charge in [0.1, 0.15) is 5.01 Å². The maximum absolute atomic E-state index is 12.0. The molecule has 1 aliphatic heterocycles. The van der Waals surface area contributed by atoms with Crippen LogP contribution in [0.1, 0.15) is 16.1 Å². The van der Waals surface area contributed by atoms with E-state index in [0.29, 0.717) is 13.0 Å². The Balaban J connectivity index is 1.60. The van der Waals surface area contributed by atoms with Gasteiger partial charge in [-0.25, -0.2) is 4.98 Å². The third-order valence-corrected chi connectivity index (χ3v) is 4.87. The minimum atomic E-state index is -0.0196. The van der Waals surface area contributed by atoms with Crippen LogP contribution in [0.5, 0.6) is 0 Å². The van der Waals surface area contributed by atoms with Crippen LogP contribution in [0.4, 0.5) is 5.69 Å². The molecule has 0 saturated carbocycles. The summed E-state index contributed by atoms with van der Waals surface area (Å²) < 4.78 is 1.65. The molecule has 24 heavy (non-hydrogen) atoms. The summed E-state index contributed by atoms with van der Waals surface area (Å²) in [4.78, 5) is 28.1. The van der Waals surface area contributed by atoms with E-state index in [2.05, 4.69) is 10.3 Å². The van der Waals surface area contributed by atoms with Crippen molar-refractivity contribution in [1.82, 2.24) is 9.55 Å². The van der Waals surface area contributed by atoms with Gasteiger partial charge in [0.2, 0.25) is 5.91 Å². The highest BCUT2D eigenvalue weighted by atomic mass is 32.1. The van der Waals surface area contributed by atoms with Crippen LogP contribution in [0.2, 0.25) is 0 Å². The lowest BCUT2D eigenvalue weighted by Crippen LogP contribution is -2.19. The molecular weight excluding hydrogens is 322 g/mol. The minimum absolute atomic E-state index is 0.0196. The van der Waals surface area contributed by atoms with Crippen molar-refractivity contribution >= 4 is 22.9 Å². The monoisotopic (exact) mass is 337 g/mol. The van der Waals surface area contributed by atoms with Crippen LogP contribution >= 0.6 is 11.3 Å². The Morgan fingerprint density at radius 2 is 2.12 bits per heavy atom. The molecule has 0 spiro atoms. The summed E-state index contributed by atoms with van der Waals surface area (Å²) in [7, 11) is 0. The van der Waals surface area contributed by atoms with E-state index < -0.39 is 0 Å². The second-order valence-electron chi connectivity index (χ2n) is 5.89. The van der Waals surface area contributed by atoms with Crippen LogP contribution in [0, 0.1) is 6.92 Å². The van der Waals surface area contributed by atoms with Crippen molar-refractivity contribution in [1.29, 1.82) is 0 Å². The van der Waals surface area contributed by atoms with Crippen LogP contribution in [-0.4, -0.2) is 15.5 Å². The van der Waals surface area contributed by atoms with E-state index in [1.807, 2.05) is 36.6 Å². The number of hydrogen-bond acceptors (Lipinski definition) is 4. The van der Waals surface area contributed by atoms with Crippen LogP contribution in [-0.2, 0) is 17.8 Å². The van der Waals surface area contributed by atoms with Gasteiger partial charge < -0.3 is 9.88 Å².